The zero-order valence-electron chi connectivity index (χ0n) is 66.2. The largest absolute Gasteiger partial charge is 0.292 e. The second-order valence-electron chi connectivity index (χ2n) is 33.5. The van der Waals surface area contributed by atoms with E-state index in [0.717, 1.165) is 180 Å². The van der Waals surface area contributed by atoms with Crippen LogP contribution in [0.5, 0.6) is 0 Å². The molecule has 21 heteroatoms. The van der Waals surface area contributed by atoms with Crippen LogP contribution in [0.15, 0.2) is 118 Å². The lowest BCUT2D eigenvalue weighted by Crippen LogP contribution is -2.14. The number of aromatic nitrogens is 8. The normalized spacial score (nSPS) is 16.0. The van der Waals surface area contributed by atoms with E-state index in [1.165, 1.54) is 168 Å². The molecule has 0 unspecified atom stereocenters. The molecule has 10 aromatic rings. The minimum Gasteiger partial charge on any atom is -0.292 e. The number of halogens is 9. The van der Waals surface area contributed by atoms with Gasteiger partial charge in [0.05, 0.1) is 22.8 Å². The van der Waals surface area contributed by atoms with Crippen molar-refractivity contribution in [3.05, 3.63) is 219 Å². The first-order valence-corrected chi connectivity index (χ1v) is 45.4. The highest BCUT2D eigenvalue weighted by molar-refractivity contribution is 9.10. The third-order valence-electron chi connectivity index (χ3n) is 25.2. The molecule has 608 valence electrons. The zero-order valence-corrected chi connectivity index (χ0v) is 71.6. The molecule has 12 nitrogen and oxygen atoms in total. The van der Waals surface area contributed by atoms with Crippen LogP contribution in [0.3, 0.4) is 0 Å². The van der Waals surface area contributed by atoms with E-state index in [1.807, 2.05) is 30.3 Å². The minimum atomic E-state index is -0.714. The Morgan fingerprint density at radius 2 is 0.707 bits per heavy atom. The number of hydrogen-bond acceptors (Lipinski definition) is 8. The Morgan fingerprint density at radius 1 is 0.379 bits per heavy atom. The molecule has 6 aromatic carbocycles. The molecule has 0 spiro atoms. The number of ketones is 4. The van der Waals surface area contributed by atoms with E-state index in [4.69, 9.17) is 45.0 Å². The fourth-order valence-corrected chi connectivity index (χ4v) is 20.7. The highest BCUT2D eigenvalue weighted by Gasteiger charge is 2.38. The number of hydrogen-bond donors (Lipinski definition) is 0. The Hall–Kier alpha value is -7.61. The quantitative estimate of drug-likeness (QED) is 0.0252. The number of alkyl halides is 2. The van der Waals surface area contributed by atoms with Gasteiger partial charge in [0.25, 0.3) is 0 Å². The van der Waals surface area contributed by atoms with Gasteiger partial charge in [-0.3, -0.25) is 28.5 Å². The number of unbranched alkanes of at least 4 members (excludes halogenated alkanes) is 4. The van der Waals surface area contributed by atoms with Crippen LogP contribution in [0.2, 0.25) is 5.02 Å². The summed E-state index contributed by atoms with van der Waals surface area (Å²) in [6.45, 7) is 3.85. The van der Waals surface area contributed by atoms with Crippen LogP contribution in [-0.4, -0.2) is 74.0 Å². The van der Waals surface area contributed by atoms with Gasteiger partial charge in [0, 0.05) is 147 Å². The van der Waals surface area contributed by atoms with Gasteiger partial charge in [-0.25, -0.2) is 26.9 Å². The Balaban J connectivity index is 0.000000121. The number of Topliss-reactive ketones (excluding diaryl/α,β-unsaturated/α-hetero) is 4. The van der Waals surface area contributed by atoms with Crippen molar-refractivity contribution in [2.75, 3.05) is 11.8 Å². The van der Waals surface area contributed by atoms with Crippen molar-refractivity contribution in [1.82, 2.24) is 39.1 Å². The summed E-state index contributed by atoms with van der Waals surface area (Å²) in [4.78, 5) is 52.8. The van der Waals surface area contributed by atoms with Crippen LogP contribution < -0.4 is 0 Å². The van der Waals surface area contributed by atoms with Crippen molar-refractivity contribution in [3.8, 4) is 56.4 Å². The van der Waals surface area contributed by atoms with Gasteiger partial charge in [-0.05, 0) is 139 Å². The van der Waals surface area contributed by atoms with Gasteiger partial charge in [-0.1, -0.05) is 227 Å². The molecular weight excluding hydrogens is 1660 g/mol. The lowest BCUT2D eigenvalue weighted by molar-refractivity contribution is 0.0935. The maximum Gasteiger partial charge on any atom is 0.183 e. The third-order valence-corrected chi connectivity index (χ3v) is 26.9. The Labute approximate surface area is 709 Å². The summed E-state index contributed by atoms with van der Waals surface area (Å²) in [5.74, 6) is 1.11. The van der Waals surface area contributed by atoms with Crippen LogP contribution >= 0.6 is 66.7 Å². The predicted octanol–water partition coefficient (Wildman–Crippen LogP) is 26.3. The average Bonchev–Trinajstić information content (AvgIpc) is 1.59. The lowest BCUT2D eigenvalue weighted by Gasteiger charge is -2.20. The first-order valence-electron chi connectivity index (χ1n) is 42.4. The predicted molar refractivity (Wildman–Crippen MR) is 461 cm³/mol. The molecule has 4 saturated carbocycles. The van der Waals surface area contributed by atoms with Crippen molar-refractivity contribution < 1.29 is 36.7 Å². The molecule has 0 N–H and O–H groups in total. The summed E-state index contributed by atoms with van der Waals surface area (Å²) in [6, 6.07) is 31.4. The van der Waals surface area contributed by atoms with Crippen molar-refractivity contribution >= 4 is 89.8 Å². The summed E-state index contributed by atoms with van der Waals surface area (Å²) in [5, 5.41) is 19.4. The van der Waals surface area contributed by atoms with Crippen LogP contribution in [-0.2, 0) is 38.8 Å². The van der Waals surface area contributed by atoms with E-state index in [2.05, 4.69) is 94.7 Å². The van der Waals surface area contributed by atoms with E-state index >= 15 is 0 Å². The molecule has 0 amide bonds. The number of fused-ring (bicyclic) bond motifs is 12. The number of carbonyl (C=O) groups excluding carboxylic acids is 4. The van der Waals surface area contributed by atoms with Crippen LogP contribution in [0.4, 0.5) is 17.6 Å². The molecule has 116 heavy (non-hydrogen) atoms. The summed E-state index contributed by atoms with van der Waals surface area (Å²) >= 11 is 24.9. The second-order valence-corrected chi connectivity index (χ2v) is 36.5. The number of benzene rings is 6. The summed E-state index contributed by atoms with van der Waals surface area (Å²) in [7, 11) is 0. The molecule has 4 fully saturated rings. The lowest BCUT2D eigenvalue weighted by atomic mass is 9.85. The molecule has 0 saturated heterocycles. The first kappa shape index (κ1) is 83.4. The van der Waals surface area contributed by atoms with Crippen molar-refractivity contribution in [3.63, 3.8) is 0 Å². The van der Waals surface area contributed by atoms with Gasteiger partial charge in [-0.2, -0.15) is 20.4 Å². The summed E-state index contributed by atoms with van der Waals surface area (Å²) < 4.78 is 65.4. The van der Waals surface area contributed by atoms with Gasteiger partial charge in [-0.15, -0.1) is 23.2 Å². The molecule has 4 heterocycles. The van der Waals surface area contributed by atoms with Gasteiger partial charge in [0.15, 0.2) is 34.8 Å². The minimum absolute atomic E-state index is 0.00155. The van der Waals surface area contributed by atoms with Gasteiger partial charge in [0.1, 0.15) is 45.8 Å². The molecule has 8 aliphatic rings. The van der Waals surface area contributed by atoms with E-state index < -0.39 is 23.3 Å². The molecule has 0 radical (unpaired) electrons. The van der Waals surface area contributed by atoms with E-state index in [-0.39, 0.29) is 34.5 Å². The number of carbonyl (C=O) groups is 4. The smallest absolute Gasteiger partial charge is 0.183 e. The maximum absolute atomic E-state index is 14.6. The standard InChI is InChI=1S/C24H21BrF2N2O.C24H21ClF2N2O.C24H31ClN2O.C23H28BrClN2O/c2*25-16-6-8-18-15(11-16)12-19-23(22(30)10-14-4-2-1-3-5-14)28-29(24(18)19)21-9-7-17(26)13-20(21)27;1-17-10-11-20-19(14-17)16-21-23(22(28)15-18-8-4-2-5-9-18)26-27(24(20)21)13-7-3-6-12-25;24-18-9-10-19-17(14-18)15-20-22(21(28)13-16-7-3-1-4-8-16)26-27(23(19)20)12-6-2-5-11-25/h2*6-9,11,13-14H,1-5,10,12H2;10-11,14,18H,2-9,12-13,15-16H2,1H3;9-10,14,16H,1-8,11-13,15H2. The Bertz CT molecular complexity index is 4970. The SMILES string of the molecule is Cc1ccc2c(c1)Cc1c(C(=O)CC3CCCCC3)nn(CCCCCCl)c1-2.O=C(CC1CCCCC1)c1nn(-c2ccc(F)cc2F)c2c1Cc1cc(Br)ccc1-2.O=C(CC1CCCCC1)c1nn(-c2ccc(F)cc2F)c2c1Cc1cc(Cl)ccc1-2.O=C(CC1CCCCC1)c1nn(CCCCCCl)c2c1Cc1cc(Br)ccc1-2. The number of nitrogens with zero attached hydrogens (tertiary/aromatic N) is 8. The monoisotopic (exact) mass is 1760 g/mol. The third kappa shape index (κ3) is 18.8. The maximum atomic E-state index is 14.6. The number of aryl methyl sites for hydroxylation is 3. The van der Waals surface area contributed by atoms with Crippen LogP contribution in [0, 0.1) is 53.9 Å². The molecule has 0 aliphatic heterocycles. The van der Waals surface area contributed by atoms with E-state index in [9.17, 15) is 36.7 Å². The van der Waals surface area contributed by atoms with Crippen molar-refractivity contribution in [2.24, 2.45) is 23.7 Å². The molecular formula is C95H101Br2Cl3F4N8O4. The van der Waals surface area contributed by atoms with Gasteiger partial charge < -0.3 is 0 Å². The van der Waals surface area contributed by atoms with E-state index in [0.29, 0.717) is 96.1 Å². The topological polar surface area (TPSA) is 140 Å². The van der Waals surface area contributed by atoms with E-state index in [1.54, 1.807) is 6.07 Å². The fourth-order valence-electron chi connectivity index (χ4n) is 19.3. The van der Waals surface area contributed by atoms with Crippen LogP contribution in [0.1, 0.15) is 285 Å². The summed E-state index contributed by atoms with van der Waals surface area (Å²) in [6.07, 6.45) is 35.4. The Kier molecular flexibility index (Phi) is 27.5. The Morgan fingerprint density at radius 3 is 1.08 bits per heavy atom. The molecule has 8 aliphatic carbocycles. The average molecular weight is 1760 g/mol. The first-order chi connectivity index (χ1) is 56.4. The second kappa shape index (κ2) is 38.2. The fraction of sp³-hybridized carbons (Fsp3) is 0.453. The molecule has 4 aromatic heterocycles. The van der Waals surface area contributed by atoms with Crippen molar-refractivity contribution in [1.29, 1.82) is 0 Å². The highest BCUT2D eigenvalue weighted by Crippen LogP contribution is 2.47. The molecule has 18 rings (SSSR count). The van der Waals surface area contributed by atoms with Gasteiger partial charge >= 0.3 is 0 Å². The summed E-state index contributed by atoms with van der Waals surface area (Å²) in [5.41, 5.74) is 20.6. The highest BCUT2D eigenvalue weighted by atomic mass is 79.9. The molecule has 0 bridgehead atoms. The molecule has 0 atom stereocenters. The van der Waals surface area contributed by atoms with Gasteiger partial charge in [0.2, 0.25) is 0 Å². The van der Waals surface area contributed by atoms with Crippen molar-refractivity contribution in [2.45, 2.75) is 238 Å². The number of rotatable bonds is 24. The zero-order chi connectivity index (χ0) is 80.7. The van der Waals surface area contributed by atoms with Crippen LogP contribution in [0.25, 0.3) is 56.4 Å².